The van der Waals surface area contributed by atoms with Crippen LogP contribution < -0.4 is 10.1 Å². The van der Waals surface area contributed by atoms with Gasteiger partial charge in [0.25, 0.3) is 0 Å². The first kappa shape index (κ1) is 9.04. The number of terminal acetylenes is 1. The van der Waals surface area contributed by atoms with Crippen molar-refractivity contribution in [2.45, 2.75) is 6.10 Å². The predicted molar refractivity (Wildman–Crippen MR) is 51.6 cm³/mol. The van der Waals surface area contributed by atoms with E-state index in [0.29, 0.717) is 5.75 Å². The first-order chi connectivity index (χ1) is 6.79. The molecule has 1 fully saturated rings. The average molecular weight is 191 g/mol. The molecule has 0 radical (unpaired) electrons. The maximum atomic E-state index is 13.2. The van der Waals surface area contributed by atoms with Gasteiger partial charge in [0.1, 0.15) is 17.7 Å². The lowest BCUT2D eigenvalue weighted by molar-refractivity contribution is 0.142. The highest BCUT2D eigenvalue weighted by molar-refractivity contribution is 5.38. The number of hydrogen-bond donors (Lipinski definition) is 1. The van der Waals surface area contributed by atoms with Crippen molar-refractivity contribution in [3.63, 3.8) is 0 Å². The Morgan fingerprint density at radius 2 is 2.29 bits per heavy atom. The fourth-order valence-electron chi connectivity index (χ4n) is 1.22. The topological polar surface area (TPSA) is 21.3 Å². The summed E-state index contributed by atoms with van der Waals surface area (Å²) in [7, 11) is 0. The van der Waals surface area contributed by atoms with Crippen LogP contribution in [-0.2, 0) is 0 Å². The fraction of sp³-hybridized carbons (Fsp3) is 0.273. The van der Waals surface area contributed by atoms with Crippen LogP contribution in [0.1, 0.15) is 5.56 Å². The minimum atomic E-state index is -0.405. The molecule has 0 atom stereocenters. The Balaban J connectivity index is 2.12. The zero-order valence-electron chi connectivity index (χ0n) is 7.59. The monoisotopic (exact) mass is 191 g/mol. The van der Waals surface area contributed by atoms with Gasteiger partial charge in [0.2, 0.25) is 0 Å². The summed E-state index contributed by atoms with van der Waals surface area (Å²) >= 11 is 0. The summed E-state index contributed by atoms with van der Waals surface area (Å²) in [5.74, 6) is 2.39. The van der Waals surface area contributed by atoms with Crippen LogP contribution in [0.3, 0.4) is 0 Å². The summed E-state index contributed by atoms with van der Waals surface area (Å²) in [6, 6.07) is 4.57. The van der Waals surface area contributed by atoms with Crippen molar-refractivity contribution in [1.29, 1.82) is 0 Å². The zero-order valence-corrected chi connectivity index (χ0v) is 7.59. The van der Waals surface area contributed by atoms with Crippen LogP contribution in [0, 0.1) is 18.2 Å². The molecule has 0 bridgehead atoms. The highest BCUT2D eigenvalue weighted by Gasteiger charge is 2.18. The number of rotatable bonds is 2. The van der Waals surface area contributed by atoms with Crippen LogP contribution in [0.4, 0.5) is 4.39 Å². The molecule has 0 spiro atoms. The second-order valence-corrected chi connectivity index (χ2v) is 3.18. The highest BCUT2D eigenvalue weighted by atomic mass is 19.1. The van der Waals surface area contributed by atoms with E-state index in [4.69, 9.17) is 11.2 Å². The molecule has 1 aromatic carbocycles. The number of halogens is 1. The summed E-state index contributed by atoms with van der Waals surface area (Å²) in [5.41, 5.74) is 0.268. The van der Waals surface area contributed by atoms with E-state index in [0.717, 1.165) is 13.1 Å². The summed E-state index contributed by atoms with van der Waals surface area (Å²) in [5, 5.41) is 3.07. The van der Waals surface area contributed by atoms with Gasteiger partial charge in [-0.3, -0.25) is 0 Å². The van der Waals surface area contributed by atoms with Gasteiger partial charge in [-0.25, -0.2) is 4.39 Å². The summed E-state index contributed by atoms with van der Waals surface area (Å²) in [6.45, 7) is 1.64. The van der Waals surface area contributed by atoms with Crippen molar-refractivity contribution >= 4 is 0 Å². The van der Waals surface area contributed by atoms with Crippen molar-refractivity contribution in [1.82, 2.24) is 5.32 Å². The summed E-state index contributed by atoms with van der Waals surface area (Å²) < 4.78 is 18.6. The van der Waals surface area contributed by atoms with Gasteiger partial charge in [-0.2, -0.15) is 0 Å². The average Bonchev–Trinajstić information content (AvgIpc) is 2.12. The second kappa shape index (κ2) is 3.69. The molecule has 0 amide bonds. The Kier molecular flexibility index (Phi) is 2.38. The van der Waals surface area contributed by atoms with Gasteiger partial charge in [0.15, 0.2) is 0 Å². The zero-order chi connectivity index (χ0) is 9.97. The van der Waals surface area contributed by atoms with Crippen molar-refractivity contribution < 1.29 is 9.13 Å². The number of ether oxygens (including phenoxy) is 1. The molecule has 0 saturated carbocycles. The summed E-state index contributed by atoms with van der Waals surface area (Å²) in [4.78, 5) is 0. The van der Waals surface area contributed by atoms with Crippen LogP contribution in [0.25, 0.3) is 0 Å². The van der Waals surface area contributed by atoms with Gasteiger partial charge in [-0.1, -0.05) is 5.92 Å². The molecule has 1 aromatic rings. The Bertz CT molecular complexity index is 379. The third-order valence-electron chi connectivity index (χ3n) is 2.14. The first-order valence-electron chi connectivity index (χ1n) is 4.43. The van der Waals surface area contributed by atoms with E-state index in [1.807, 2.05) is 0 Å². The smallest absolute Gasteiger partial charge is 0.142 e. The standard InChI is InChI=1S/C11H10FNO/c1-2-8-3-4-9(5-11(8)12)14-10-6-13-7-10/h1,3-5,10,13H,6-7H2. The molecule has 0 unspecified atom stereocenters. The minimum Gasteiger partial charge on any atom is -0.488 e. The molecule has 1 saturated heterocycles. The van der Waals surface area contributed by atoms with Gasteiger partial charge in [-0.15, -0.1) is 6.42 Å². The third-order valence-corrected chi connectivity index (χ3v) is 2.14. The van der Waals surface area contributed by atoms with Gasteiger partial charge < -0.3 is 10.1 Å². The lowest BCUT2D eigenvalue weighted by atomic mass is 10.2. The second-order valence-electron chi connectivity index (χ2n) is 3.18. The van der Waals surface area contributed by atoms with E-state index in [1.54, 1.807) is 12.1 Å². The molecular formula is C11H10FNO. The fourth-order valence-corrected chi connectivity index (χ4v) is 1.22. The number of nitrogens with one attached hydrogen (secondary N) is 1. The van der Waals surface area contributed by atoms with Crippen molar-refractivity contribution in [3.8, 4) is 18.1 Å². The Hall–Kier alpha value is -1.53. The van der Waals surface area contributed by atoms with Gasteiger partial charge in [-0.05, 0) is 12.1 Å². The molecular weight excluding hydrogens is 181 g/mol. The minimum absolute atomic E-state index is 0.158. The molecule has 1 aliphatic heterocycles. The molecule has 0 aliphatic carbocycles. The molecule has 14 heavy (non-hydrogen) atoms. The number of hydrogen-bond acceptors (Lipinski definition) is 2. The highest BCUT2D eigenvalue weighted by Crippen LogP contribution is 2.18. The molecule has 1 N–H and O–H groups in total. The van der Waals surface area contributed by atoms with Gasteiger partial charge >= 0.3 is 0 Å². The Morgan fingerprint density at radius 3 is 2.79 bits per heavy atom. The molecule has 72 valence electrons. The molecule has 2 nitrogen and oxygen atoms in total. The maximum Gasteiger partial charge on any atom is 0.142 e. The van der Waals surface area contributed by atoms with E-state index < -0.39 is 5.82 Å². The van der Waals surface area contributed by atoms with E-state index in [9.17, 15) is 4.39 Å². The SMILES string of the molecule is C#Cc1ccc(OC2CNC2)cc1F. The molecule has 0 aromatic heterocycles. The molecule has 3 heteroatoms. The van der Waals surface area contributed by atoms with Crippen molar-refractivity contribution in [3.05, 3.63) is 29.6 Å². The largest absolute Gasteiger partial charge is 0.488 e. The van der Waals surface area contributed by atoms with E-state index in [2.05, 4.69) is 11.2 Å². The number of benzene rings is 1. The van der Waals surface area contributed by atoms with Crippen molar-refractivity contribution in [2.75, 3.05) is 13.1 Å². The third kappa shape index (κ3) is 1.70. The van der Waals surface area contributed by atoms with Crippen LogP contribution in [0.15, 0.2) is 18.2 Å². The van der Waals surface area contributed by atoms with E-state index in [1.165, 1.54) is 6.07 Å². The molecule has 1 aliphatic rings. The van der Waals surface area contributed by atoms with Crippen LogP contribution in [0.5, 0.6) is 5.75 Å². The summed E-state index contributed by atoms with van der Waals surface area (Å²) in [6.07, 6.45) is 5.26. The normalized spacial score (nSPS) is 15.7. The lowest BCUT2D eigenvalue weighted by Gasteiger charge is -2.27. The molecule has 1 heterocycles. The van der Waals surface area contributed by atoms with Gasteiger partial charge in [0.05, 0.1) is 5.56 Å². The Labute approximate surface area is 82.1 Å². The van der Waals surface area contributed by atoms with Crippen LogP contribution in [-0.4, -0.2) is 19.2 Å². The van der Waals surface area contributed by atoms with Crippen LogP contribution >= 0.6 is 0 Å². The maximum absolute atomic E-state index is 13.2. The van der Waals surface area contributed by atoms with Crippen LogP contribution in [0.2, 0.25) is 0 Å². The first-order valence-corrected chi connectivity index (χ1v) is 4.43. The Morgan fingerprint density at radius 1 is 1.50 bits per heavy atom. The molecule has 2 rings (SSSR count). The predicted octanol–water partition coefficient (Wildman–Crippen LogP) is 1.16. The quantitative estimate of drug-likeness (QED) is 0.708. The van der Waals surface area contributed by atoms with E-state index >= 15 is 0 Å². The lowest BCUT2D eigenvalue weighted by Crippen LogP contribution is -2.50. The van der Waals surface area contributed by atoms with Gasteiger partial charge in [0, 0.05) is 19.2 Å². The van der Waals surface area contributed by atoms with Crippen molar-refractivity contribution in [2.24, 2.45) is 0 Å². The van der Waals surface area contributed by atoms with E-state index in [-0.39, 0.29) is 11.7 Å².